The molecule has 0 amide bonds. The molecule has 0 saturated carbocycles. The lowest BCUT2D eigenvalue weighted by Gasteiger charge is -2.16. The Morgan fingerprint density at radius 1 is 1.16 bits per heavy atom. The zero-order valence-corrected chi connectivity index (χ0v) is 15.4. The smallest absolute Gasteiger partial charge is 0.264 e. The highest BCUT2D eigenvalue weighted by Crippen LogP contribution is 2.25. The van der Waals surface area contributed by atoms with Gasteiger partial charge in [-0.15, -0.1) is 0 Å². The number of hydrogen-bond acceptors (Lipinski definition) is 5. The third-order valence-electron chi connectivity index (χ3n) is 4.63. The SMILES string of the molecule is Cc1c(C(=N)c2cnc(N(C)C)n(C)c2=O)ccc2nn(C)c(C)c12. The molecule has 0 aliphatic heterocycles. The molecule has 0 unspecified atom stereocenters. The van der Waals surface area contributed by atoms with Crippen LogP contribution < -0.4 is 10.5 Å². The molecule has 0 radical (unpaired) electrons. The molecule has 0 spiro atoms. The normalized spacial score (nSPS) is 11.1. The Balaban J connectivity index is 2.18. The summed E-state index contributed by atoms with van der Waals surface area (Å²) in [5.74, 6) is 0.553. The molecule has 0 saturated heterocycles. The number of aryl methyl sites for hydroxylation is 3. The second kappa shape index (κ2) is 5.84. The van der Waals surface area contributed by atoms with Crippen molar-refractivity contribution in [3.8, 4) is 0 Å². The predicted octanol–water partition coefficient (Wildman–Crippen LogP) is 1.77. The van der Waals surface area contributed by atoms with E-state index in [1.807, 2.05) is 51.8 Å². The van der Waals surface area contributed by atoms with Crippen molar-refractivity contribution >= 4 is 22.6 Å². The van der Waals surface area contributed by atoms with Gasteiger partial charge in [0.25, 0.3) is 5.56 Å². The fourth-order valence-electron chi connectivity index (χ4n) is 3.17. The molecular formula is C18H22N6O. The van der Waals surface area contributed by atoms with E-state index in [2.05, 4.69) is 10.1 Å². The highest BCUT2D eigenvalue weighted by Gasteiger charge is 2.18. The Kier molecular flexibility index (Phi) is 3.94. The minimum Gasteiger partial charge on any atom is -0.348 e. The number of nitrogens with zero attached hydrogens (tertiary/aromatic N) is 5. The molecule has 7 nitrogen and oxygen atoms in total. The molecule has 0 aliphatic carbocycles. The minimum atomic E-state index is -0.230. The van der Waals surface area contributed by atoms with E-state index in [1.54, 1.807) is 11.9 Å². The molecule has 0 bridgehead atoms. The van der Waals surface area contributed by atoms with Crippen molar-refractivity contribution in [1.29, 1.82) is 5.41 Å². The van der Waals surface area contributed by atoms with E-state index in [4.69, 9.17) is 5.41 Å². The van der Waals surface area contributed by atoms with Gasteiger partial charge in [0.1, 0.15) is 0 Å². The van der Waals surface area contributed by atoms with E-state index >= 15 is 0 Å². The molecule has 2 aromatic heterocycles. The van der Waals surface area contributed by atoms with Gasteiger partial charge in [-0.05, 0) is 25.5 Å². The van der Waals surface area contributed by atoms with Gasteiger partial charge in [-0.3, -0.25) is 19.5 Å². The lowest BCUT2D eigenvalue weighted by molar-refractivity contribution is 0.751. The van der Waals surface area contributed by atoms with Crippen LogP contribution in [0.5, 0.6) is 0 Å². The van der Waals surface area contributed by atoms with Gasteiger partial charge >= 0.3 is 0 Å². The highest BCUT2D eigenvalue weighted by atomic mass is 16.1. The summed E-state index contributed by atoms with van der Waals surface area (Å²) in [7, 11) is 7.23. The number of rotatable bonds is 3. The molecule has 0 fully saturated rings. The van der Waals surface area contributed by atoms with Gasteiger partial charge in [0.05, 0.1) is 16.8 Å². The third-order valence-corrected chi connectivity index (χ3v) is 4.63. The van der Waals surface area contributed by atoms with Gasteiger partial charge in [-0.25, -0.2) is 4.98 Å². The van der Waals surface area contributed by atoms with Crippen LogP contribution in [0.25, 0.3) is 10.9 Å². The summed E-state index contributed by atoms with van der Waals surface area (Å²) in [5, 5.41) is 14.1. The van der Waals surface area contributed by atoms with Crippen molar-refractivity contribution in [2.24, 2.45) is 14.1 Å². The molecule has 1 N–H and O–H groups in total. The molecule has 7 heteroatoms. The minimum absolute atomic E-state index is 0.182. The maximum absolute atomic E-state index is 12.7. The average Bonchev–Trinajstić information content (AvgIpc) is 2.85. The molecule has 130 valence electrons. The molecular weight excluding hydrogens is 316 g/mol. The van der Waals surface area contributed by atoms with Crippen LogP contribution in [0.2, 0.25) is 0 Å². The molecule has 2 heterocycles. The highest BCUT2D eigenvalue weighted by molar-refractivity contribution is 6.13. The number of nitrogens with one attached hydrogen (secondary N) is 1. The van der Waals surface area contributed by atoms with Crippen LogP contribution in [0.3, 0.4) is 0 Å². The molecule has 0 aliphatic rings. The van der Waals surface area contributed by atoms with E-state index in [1.165, 1.54) is 10.8 Å². The maximum atomic E-state index is 12.7. The molecule has 1 aromatic carbocycles. The van der Waals surface area contributed by atoms with E-state index in [0.717, 1.165) is 27.7 Å². The first-order valence-electron chi connectivity index (χ1n) is 7.99. The second-order valence-electron chi connectivity index (χ2n) is 6.45. The zero-order valence-electron chi connectivity index (χ0n) is 15.4. The topological polar surface area (TPSA) is 79.8 Å². The first-order valence-corrected chi connectivity index (χ1v) is 7.99. The van der Waals surface area contributed by atoms with Gasteiger partial charge in [-0.2, -0.15) is 5.10 Å². The fraction of sp³-hybridized carbons (Fsp3) is 0.333. The summed E-state index contributed by atoms with van der Waals surface area (Å²) < 4.78 is 3.30. The van der Waals surface area contributed by atoms with Crippen molar-refractivity contribution < 1.29 is 0 Å². The number of fused-ring (bicyclic) bond motifs is 1. The number of aromatic nitrogens is 4. The Morgan fingerprint density at radius 3 is 2.48 bits per heavy atom. The van der Waals surface area contributed by atoms with Crippen LogP contribution in [0, 0.1) is 19.3 Å². The van der Waals surface area contributed by atoms with E-state index < -0.39 is 0 Å². The molecule has 3 aromatic rings. The first-order chi connectivity index (χ1) is 11.7. The summed E-state index contributed by atoms with van der Waals surface area (Å²) in [6, 6.07) is 3.75. The third kappa shape index (κ3) is 2.52. The van der Waals surface area contributed by atoms with Crippen molar-refractivity contribution in [3.05, 3.63) is 51.1 Å². The van der Waals surface area contributed by atoms with Crippen LogP contribution in [-0.4, -0.2) is 39.1 Å². The molecule has 25 heavy (non-hydrogen) atoms. The van der Waals surface area contributed by atoms with Gasteiger partial charge in [0.15, 0.2) is 0 Å². The first kappa shape index (κ1) is 16.9. The van der Waals surface area contributed by atoms with Crippen LogP contribution in [0.15, 0.2) is 23.1 Å². The van der Waals surface area contributed by atoms with Gasteiger partial charge in [0.2, 0.25) is 5.95 Å². The molecule has 0 atom stereocenters. The number of benzene rings is 1. The van der Waals surface area contributed by atoms with Crippen LogP contribution in [0.1, 0.15) is 22.4 Å². The van der Waals surface area contributed by atoms with Crippen molar-refractivity contribution in [1.82, 2.24) is 19.3 Å². The van der Waals surface area contributed by atoms with Crippen molar-refractivity contribution in [3.63, 3.8) is 0 Å². The second-order valence-corrected chi connectivity index (χ2v) is 6.45. The summed E-state index contributed by atoms with van der Waals surface area (Å²) >= 11 is 0. The number of hydrogen-bond donors (Lipinski definition) is 1. The van der Waals surface area contributed by atoms with Gasteiger partial charge in [0, 0.05) is 51.0 Å². The van der Waals surface area contributed by atoms with Crippen molar-refractivity contribution in [2.45, 2.75) is 13.8 Å². The van der Waals surface area contributed by atoms with Crippen LogP contribution in [-0.2, 0) is 14.1 Å². The maximum Gasteiger partial charge on any atom is 0.264 e. The predicted molar refractivity (Wildman–Crippen MR) is 99.9 cm³/mol. The Hall–Kier alpha value is -2.96. The Bertz CT molecular complexity index is 1060. The Morgan fingerprint density at radius 2 is 1.84 bits per heavy atom. The quantitative estimate of drug-likeness (QED) is 0.738. The zero-order chi connectivity index (χ0) is 18.5. The summed E-state index contributed by atoms with van der Waals surface area (Å²) in [4.78, 5) is 18.8. The van der Waals surface area contributed by atoms with Crippen LogP contribution in [0.4, 0.5) is 5.95 Å². The monoisotopic (exact) mass is 338 g/mol. The number of anilines is 1. The van der Waals surface area contributed by atoms with E-state index in [0.29, 0.717) is 5.95 Å². The van der Waals surface area contributed by atoms with Crippen LogP contribution >= 0.6 is 0 Å². The van der Waals surface area contributed by atoms with Gasteiger partial charge in [-0.1, -0.05) is 6.07 Å². The van der Waals surface area contributed by atoms with Gasteiger partial charge < -0.3 is 4.90 Å². The largest absolute Gasteiger partial charge is 0.348 e. The van der Waals surface area contributed by atoms with Crippen molar-refractivity contribution in [2.75, 3.05) is 19.0 Å². The average molecular weight is 338 g/mol. The summed E-state index contributed by atoms with van der Waals surface area (Å²) in [5.41, 5.74) is 3.84. The molecule has 3 rings (SSSR count). The summed E-state index contributed by atoms with van der Waals surface area (Å²) in [6.45, 7) is 3.97. The lowest BCUT2D eigenvalue weighted by atomic mass is 9.96. The standard InChI is InChI=1S/C18H22N6O/c1-10-12(7-8-14-15(10)11(2)24(6)21-14)16(19)13-9-20-18(22(3)4)23(5)17(13)25/h7-9,19H,1-6H3. The Labute approximate surface area is 146 Å². The van der Waals surface area contributed by atoms with E-state index in [-0.39, 0.29) is 16.8 Å². The summed E-state index contributed by atoms with van der Waals surface area (Å²) in [6.07, 6.45) is 1.49. The lowest BCUT2D eigenvalue weighted by Crippen LogP contribution is -2.30. The van der Waals surface area contributed by atoms with E-state index in [9.17, 15) is 4.79 Å². The fourth-order valence-corrected chi connectivity index (χ4v) is 3.17.